The number of carbonyl (C=O) groups excluding carboxylic acids is 1. The summed E-state index contributed by atoms with van der Waals surface area (Å²) in [6.45, 7) is 3.52. The molecule has 3 heterocycles. The first kappa shape index (κ1) is 25.6. The summed E-state index contributed by atoms with van der Waals surface area (Å²) in [4.78, 5) is 31.5. The molecule has 0 saturated carbocycles. The van der Waals surface area contributed by atoms with E-state index in [4.69, 9.17) is 11.6 Å². The summed E-state index contributed by atoms with van der Waals surface area (Å²) in [6, 6.07) is 14.8. The summed E-state index contributed by atoms with van der Waals surface area (Å²) in [6.07, 6.45) is 4.48. The number of hydrogen-bond donors (Lipinski definition) is 1. The van der Waals surface area contributed by atoms with E-state index in [-0.39, 0.29) is 17.2 Å². The zero-order valence-electron chi connectivity index (χ0n) is 20.8. The van der Waals surface area contributed by atoms with Crippen molar-refractivity contribution in [3.63, 3.8) is 0 Å². The van der Waals surface area contributed by atoms with Crippen LogP contribution in [0.2, 0.25) is 5.02 Å². The van der Waals surface area contributed by atoms with Crippen LogP contribution in [0.5, 0.6) is 0 Å². The van der Waals surface area contributed by atoms with Crippen LogP contribution in [-0.4, -0.2) is 39.7 Å². The van der Waals surface area contributed by atoms with Crippen molar-refractivity contribution in [2.45, 2.75) is 25.6 Å². The van der Waals surface area contributed by atoms with E-state index in [9.17, 15) is 18.0 Å². The zero-order valence-corrected chi connectivity index (χ0v) is 22.4. The van der Waals surface area contributed by atoms with Crippen LogP contribution in [0.4, 0.5) is 0 Å². The maximum atomic E-state index is 13.8. The SMILES string of the molecule is Cc1nn2cccnc2c1C(=O)N[C@@H](C)c1cc2cccc(Cl)c2c(=O)n1-c1ccc(CS(C)(=O)=O)cc1. The molecule has 11 heteroatoms. The van der Waals surface area contributed by atoms with Gasteiger partial charge in [-0.2, -0.15) is 5.10 Å². The van der Waals surface area contributed by atoms with E-state index in [0.717, 1.165) is 0 Å². The Balaban J connectivity index is 1.61. The zero-order chi connectivity index (χ0) is 27.2. The largest absolute Gasteiger partial charge is 0.344 e. The van der Waals surface area contributed by atoms with Crippen molar-refractivity contribution in [2.24, 2.45) is 0 Å². The van der Waals surface area contributed by atoms with E-state index in [1.807, 2.05) is 6.07 Å². The van der Waals surface area contributed by atoms with Crippen molar-refractivity contribution in [3.8, 4) is 5.69 Å². The second-order valence-electron chi connectivity index (χ2n) is 9.19. The van der Waals surface area contributed by atoms with Crippen molar-refractivity contribution >= 4 is 43.8 Å². The number of carbonyl (C=O) groups is 1. The van der Waals surface area contributed by atoms with Crippen LogP contribution < -0.4 is 10.9 Å². The molecule has 0 saturated heterocycles. The van der Waals surface area contributed by atoms with E-state index in [1.54, 1.807) is 79.3 Å². The van der Waals surface area contributed by atoms with Crippen molar-refractivity contribution in [2.75, 3.05) is 6.26 Å². The van der Waals surface area contributed by atoms with Crippen LogP contribution >= 0.6 is 11.6 Å². The van der Waals surface area contributed by atoms with Gasteiger partial charge in [0.15, 0.2) is 15.5 Å². The summed E-state index contributed by atoms with van der Waals surface area (Å²) >= 11 is 6.41. The van der Waals surface area contributed by atoms with Gasteiger partial charge in [0.25, 0.3) is 11.5 Å². The van der Waals surface area contributed by atoms with E-state index in [1.165, 1.54) is 10.8 Å². The average Bonchev–Trinajstić information content (AvgIpc) is 3.19. The van der Waals surface area contributed by atoms with Crippen LogP contribution in [0.1, 0.15) is 40.3 Å². The van der Waals surface area contributed by atoms with E-state index in [2.05, 4.69) is 15.4 Å². The second-order valence-corrected chi connectivity index (χ2v) is 11.7. The van der Waals surface area contributed by atoms with Crippen molar-refractivity contribution in [1.82, 2.24) is 24.5 Å². The molecule has 0 aliphatic rings. The molecule has 0 aliphatic heterocycles. The number of fused-ring (bicyclic) bond motifs is 2. The van der Waals surface area contributed by atoms with Crippen molar-refractivity contribution < 1.29 is 13.2 Å². The topological polar surface area (TPSA) is 115 Å². The van der Waals surface area contributed by atoms with E-state index in [0.29, 0.717) is 49.6 Å². The molecular formula is C27H24ClN5O4S. The monoisotopic (exact) mass is 549 g/mol. The minimum Gasteiger partial charge on any atom is -0.344 e. The Hall–Kier alpha value is -4.02. The van der Waals surface area contributed by atoms with Gasteiger partial charge < -0.3 is 5.32 Å². The number of benzene rings is 2. The lowest BCUT2D eigenvalue weighted by atomic mass is 10.1. The molecule has 1 atom stereocenters. The maximum absolute atomic E-state index is 13.8. The third kappa shape index (κ3) is 4.80. The second kappa shape index (κ2) is 9.70. The number of sulfone groups is 1. The molecule has 0 radical (unpaired) electrons. The van der Waals surface area contributed by atoms with Gasteiger partial charge in [-0.25, -0.2) is 17.9 Å². The summed E-state index contributed by atoms with van der Waals surface area (Å²) in [5.41, 5.74) is 2.59. The van der Waals surface area contributed by atoms with Crippen LogP contribution in [-0.2, 0) is 15.6 Å². The predicted molar refractivity (Wildman–Crippen MR) is 147 cm³/mol. The lowest BCUT2D eigenvalue weighted by Crippen LogP contribution is -2.32. The molecular weight excluding hydrogens is 526 g/mol. The number of halogens is 1. The number of pyridine rings is 1. The Labute approximate surface area is 223 Å². The van der Waals surface area contributed by atoms with Crippen molar-refractivity contribution in [1.29, 1.82) is 0 Å². The number of aromatic nitrogens is 4. The molecule has 0 bridgehead atoms. The maximum Gasteiger partial charge on any atom is 0.264 e. The molecule has 1 amide bonds. The molecule has 38 heavy (non-hydrogen) atoms. The van der Waals surface area contributed by atoms with Gasteiger partial charge in [-0.05, 0) is 55.1 Å². The fraction of sp³-hybridized carbons (Fsp3) is 0.185. The van der Waals surface area contributed by atoms with Gasteiger partial charge in [0.1, 0.15) is 5.56 Å². The number of nitrogens with one attached hydrogen (secondary N) is 1. The summed E-state index contributed by atoms with van der Waals surface area (Å²) in [5, 5.41) is 8.64. The van der Waals surface area contributed by atoms with E-state index >= 15 is 0 Å². The number of amides is 1. The van der Waals surface area contributed by atoms with Gasteiger partial charge in [0.05, 0.1) is 27.9 Å². The van der Waals surface area contributed by atoms with Gasteiger partial charge in [-0.1, -0.05) is 35.9 Å². The normalized spacial score (nSPS) is 12.6. The Morgan fingerprint density at radius 3 is 2.58 bits per heavy atom. The number of nitrogens with zero attached hydrogens (tertiary/aromatic N) is 4. The lowest BCUT2D eigenvalue weighted by molar-refractivity contribution is 0.0939. The molecule has 9 nitrogen and oxygen atoms in total. The van der Waals surface area contributed by atoms with Crippen LogP contribution in [0.15, 0.2) is 71.8 Å². The van der Waals surface area contributed by atoms with Crippen molar-refractivity contribution in [3.05, 3.63) is 105 Å². The predicted octanol–water partition coefficient (Wildman–Crippen LogP) is 4.03. The van der Waals surface area contributed by atoms with Gasteiger partial charge in [-0.3, -0.25) is 14.2 Å². The first-order valence-corrected chi connectivity index (χ1v) is 14.2. The average molecular weight is 550 g/mol. The first-order valence-electron chi connectivity index (χ1n) is 11.8. The number of hydrogen-bond acceptors (Lipinski definition) is 6. The molecule has 1 N–H and O–H groups in total. The van der Waals surface area contributed by atoms with Crippen LogP contribution in [0.25, 0.3) is 22.1 Å². The molecule has 5 aromatic rings. The highest BCUT2D eigenvalue weighted by Gasteiger charge is 2.23. The smallest absolute Gasteiger partial charge is 0.264 e. The molecule has 0 spiro atoms. The highest BCUT2D eigenvalue weighted by atomic mass is 35.5. The first-order chi connectivity index (χ1) is 18.0. The summed E-state index contributed by atoms with van der Waals surface area (Å²) in [5.74, 6) is -0.490. The Morgan fingerprint density at radius 1 is 1.13 bits per heavy atom. The highest BCUT2D eigenvalue weighted by molar-refractivity contribution is 7.89. The Kier molecular flexibility index (Phi) is 6.54. The summed E-state index contributed by atoms with van der Waals surface area (Å²) < 4.78 is 26.5. The minimum absolute atomic E-state index is 0.113. The fourth-order valence-electron chi connectivity index (χ4n) is 4.57. The lowest BCUT2D eigenvalue weighted by Gasteiger charge is -2.21. The Morgan fingerprint density at radius 2 is 1.87 bits per heavy atom. The quantitative estimate of drug-likeness (QED) is 0.342. The van der Waals surface area contributed by atoms with Gasteiger partial charge in [0, 0.05) is 30.0 Å². The van der Waals surface area contributed by atoms with Gasteiger partial charge in [-0.15, -0.1) is 0 Å². The fourth-order valence-corrected chi connectivity index (χ4v) is 5.63. The minimum atomic E-state index is -3.22. The molecule has 2 aromatic carbocycles. The Bertz CT molecular complexity index is 1880. The molecule has 0 fully saturated rings. The molecule has 0 aliphatic carbocycles. The van der Waals surface area contributed by atoms with Crippen LogP contribution in [0.3, 0.4) is 0 Å². The van der Waals surface area contributed by atoms with E-state index < -0.39 is 15.9 Å². The summed E-state index contributed by atoms with van der Waals surface area (Å²) in [7, 11) is -3.22. The molecule has 0 unspecified atom stereocenters. The third-order valence-electron chi connectivity index (χ3n) is 6.24. The van der Waals surface area contributed by atoms with Gasteiger partial charge >= 0.3 is 0 Å². The molecule has 5 rings (SSSR count). The number of rotatable bonds is 6. The van der Waals surface area contributed by atoms with Gasteiger partial charge in [0.2, 0.25) is 0 Å². The third-order valence-corrected chi connectivity index (χ3v) is 7.41. The highest BCUT2D eigenvalue weighted by Crippen LogP contribution is 2.26. The number of aryl methyl sites for hydroxylation is 1. The van der Waals surface area contributed by atoms with Crippen LogP contribution in [0, 0.1) is 6.92 Å². The molecule has 194 valence electrons. The molecule has 3 aromatic heterocycles. The standard InChI is InChI=1S/C27H24ClN5O4S/c1-16(30-26(34)23-17(2)31-32-13-5-12-29-25(23)32)22-14-19-6-4-7-21(28)24(19)27(35)33(22)20-10-8-18(9-11-20)15-38(3,36)37/h4-14,16H,15H2,1-3H3,(H,30,34)/t16-/m0/s1.